The molecule has 4 aromatic carbocycles. The number of carbonyl (C=O) groups is 3. The zero-order chi connectivity index (χ0) is 27.6. The molecule has 2 amide bonds. The predicted octanol–water partition coefficient (Wildman–Crippen LogP) is 5.46. The molecule has 0 saturated carbocycles. The van der Waals surface area contributed by atoms with E-state index in [1.165, 1.54) is 6.07 Å². The number of rotatable bonds is 10. The fourth-order valence-electron chi connectivity index (χ4n) is 4.07. The first-order valence-corrected chi connectivity index (χ1v) is 12.9. The molecule has 0 saturated heterocycles. The third-order valence-corrected chi connectivity index (χ3v) is 6.15. The van der Waals surface area contributed by atoms with Crippen LogP contribution < -0.4 is 10.1 Å². The van der Waals surface area contributed by atoms with Gasteiger partial charge in [0, 0.05) is 22.9 Å². The fraction of sp³-hybridized carbons (Fsp3) is 0.167. The van der Waals surface area contributed by atoms with Gasteiger partial charge in [-0.2, -0.15) is 12.6 Å². The van der Waals surface area contributed by atoms with E-state index < -0.39 is 30.2 Å². The number of benzene rings is 4. The Kier molecular flexibility index (Phi) is 9.42. The Morgan fingerprint density at radius 3 is 2.15 bits per heavy atom. The molecule has 200 valence electrons. The number of esters is 1. The molecule has 4 aromatic rings. The summed E-state index contributed by atoms with van der Waals surface area (Å²) in [6.07, 6.45) is -2.74. The Balaban J connectivity index is 1.70. The summed E-state index contributed by atoms with van der Waals surface area (Å²) in [7, 11) is 0. The minimum Gasteiger partial charge on any atom is -0.507 e. The van der Waals surface area contributed by atoms with Crippen LogP contribution in [-0.4, -0.2) is 41.5 Å². The second-order valence-electron chi connectivity index (χ2n) is 8.50. The molecule has 0 bridgehead atoms. The largest absolute Gasteiger partial charge is 0.507 e. The number of amides is 2. The topological polar surface area (TPSA) is 111 Å². The van der Waals surface area contributed by atoms with Crippen LogP contribution in [0.25, 0.3) is 10.8 Å². The number of ether oxygens (including phenoxy) is 3. The number of para-hydroxylation sites is 1. The van der Waals surface area contributed by atoms with Gasteiger partial charge in [-0.05, 0) is 35.7 Å². The molecule has 0 fully saturated rings. The summed E-state index contributed by atoms with van der Waals surface area (Å²) in [5.41, 5.74) is 0.823. The minimum absolute atomic E-state index is 0.0304. The van der Waals surface area contributed by atoms with E-state index in [0.717, 1.165) is 0 Å². The van der Waals surface area contributed by atoms with Crippen molar-refractivity contribution in [3.63, 3.8) is 0 Å². The summed E-state index contributed by atoms with van der Waals surface area (Å²) < 4.78 is 17.3. The van der Waals surface area contributed by atoms with Crippen molar-refractivity contribution in [3.05, 3.63) is 108 Å². The van der Waals surface area contributed by atoms with Gasteiger partial charge in [-0.3, -0.25) is 14.9 Å². The molecule has 0 aliphatic rings. The van der Waals surface area contributed by atoms with Gasteiger partial charge in [0.2, 0.25) is 0 Å². The summed E-state index contributed by atoms with van der Waals surface area (Å²) >= 11 is 3.94. The van der Waals surface area contributed by atoms with Crippen molar-refractivity contribution in [2.75, 3.05) is 12.4 Å². The molecule has 8 nitrogen and oxygen atoms in total. The van der Waals surface area contributed by atoms with E-state index in [9.17, 15) is 19.5 Å². The van der Waals surface area contributed by atoms with Gasteiger partial charge in [-0.25, -0.2) is 4.79 Å². The molecule has 2 N–H and O–H groups in total. The highest BCUT2D eigenvalue weighted by molar-refractivity contribution is 7.81. The van der Waals surface area contributed by atoms with Crippen molar-refractivity contribution in [2.45, 2.75) is 18.6 Å². The Morgan fingerprint density at radius 2 is 1.46 bits per heavy atom. The Morgan fingerprint density at radius 1 is 0.821 bits per heavy atom. The monoisotopic (exact) mass is 545 g/mol. The molecule has 0 aromatic heterocycles. The lowest BCUT2D eigenvalue weighted by Crippen LogP contribution is -2.37. The van der Waals surface area contributed by atoms with Crippen LogP contribution in [0.15, 0.2) is 97.1 Å². The van der Waals surface area contributed by atoms with Crippen LogP contribution in [-0.2, 0) is 14.3 Å². The SMILES string of the molecule is O=C(CS)OCC[C@H](Oc1ccccc1)[C@@H](OC(=O)NC(=O)c1ccccc1)c1ccc(O)c2ccccc12. The number of aromatic hydroxyl groups is 1. The van der Waals surface area contributed by atoms with E-state index in [1.807, 2.05) is 6.07 Å². The molecular weight excluding hydrogens is 518 g/mol. The van der Waals surface area contributed by atoms with Crippen molar-refractivity contribution < 1.29 is 33.7 Å². The quantitative estimate of drug-likeness (QED) is 0.179. The Bertz CT molecular complexity index is 1430. The standard InChI is InChI=1S/C30H27NO7S/c32-25-16-15-24(22-13-7-8-14-23(22)25)28(38-30(35)31-29(34)20-9-3-1-4-10-20)26(17-18-36-27(33)19-39)37-21-11-5-2-6-12-21/h1-16,26,28,32,39H,17-19H2,(H,31,34,35)/t26-,28-/m0/s1. The first-order valence-electron chi connectivity index (χ1n) is 12.2. The fourth-order valence-corrected chi connectivity index (χ4v) is 4.17. The highest BCUT2D eigenvalue weighted by Crippen LogP contribution is 2.36. The average Bonchev–Trinajstić information content (AvgIpc) is 2.97. The number of fused-ring (bicyclic) bond motifs is 1. The maximum Gasteiger partial charge on any atom is 0.414 e. The van der Waals surface area contributed by atoms with Crippen molar-refractivity contribution >= 4 is 41.4 Å². The van der Waals surface area contributed by atoms with Crippen molar-refractivity contribution in [1.29, 1.82) is 0 Å². The van der Waals surface area contributed by atoms with Crippen LogP contribution >= 0.6 is 12.6 Å². The van der Waals surface area contributed by atoms with Gasteiger partial charge in [0.1, 0.15) is 17.6 Å². The van der Waals surface area contributed by atoms with Crippen molar-refractivity contribution in [1.82, 2.24) is 5.32 Å². The smallest absolute Gasteiger partial charge is 0.414 e. The number of alkyl carbamates (subject to hydrolysis) is 1. The summed E-state index contributed by atoms with van der Waals surface area (Å²) in [5.74, 6) is -0.661. The molecule has 39 heavy (non-hydrogen) atoms. The number of hydrogen-bond acceptors (Lipinski definition) is 8. The number of imide groups is 1. The van der Waals surface area contributed by atoms with Gasteiger partial charge in [0.05, 0.1) is 12.4 Å². The highest BCUT2D eigenvalue weighted by Gasteiger charge is 2.32. The predicted molar refractivity (Wildman–Crippen MR) is 149 cm³/mol. The van der Waals surface area contributed by atoms with Gasteiger partial charge in [0.25, 0.3) is 5.91 Å². The third kappa shape index (κ3) is 7.30. The number of carbonyl (C=O) groups excluding carboxylic acids is 3. The second-order valence-corrected chi connectivity index (χ2v) is 8.82. The summed E-state index contributed by atoms with van der Waals surface area (Å²) in [6.45, 7) is -0.0304. The Hall–Kier alpha value is -4.50. The first-order chi connectivity index (χ1) is 19.0. The van der Waals surface area contributed by atoms with Gasteiger partial charge in [-0.15, -0.1) is 0 Å². The molecule has 2 atom stereocenters. The molecular formula is C30H27NO7S. The van der Waals surface area contributed by atoms with Crippen LogP contribution in [0, 0.1) is 0 Å². The van der Waals surface area contributed by atoms with E-state index in [-0.39, 0.29) is 30.1 Å². The van der Waals surface area contributed by atoms with Gasteiger partial charge < -0.3 is 19.3 Å². The van der Waals surface area contributed by atoms with Crippen molar-refractivity contribution in [3.8, 4) is 11.5 Å². The number of nitrogens with one attached hydrogen (secondary N) is 1. The molecule has 4 rings (SSSR count). The molecule has 0 aliphatic carbocycles. The van der Waals surface area contributed by atoms with E-state index in [0.29, 0.717) is 22.1 Å². The Labute approximate surface area is 230 Å². The molecule has 0 aliphatic heterocycles. The number of phenolic OH excluding ortho intramolecular Hbond substituents is 1. The highest BCUT2D eigenvalue weighted by atomic mass is 32.1. The van der Waals surface area contributed by atoms with Crippen LogP contribution in [0.4, 0.5) is 4.79 Å². The lowest BCUT2D eigenvalue weighted by atomic mass is 9.95. The molecule has 0 radical (unpaired) electrons. The number of phenols is 1. The van der Waals surface area contributed by atoms with Crippen LogP contribution in [0.2, 0.25) is 0 Å². The number of hydrogen-bond donors (Lipinski definition) is 3. The maximum atomic E-state index is 13.0. The van der Waals surface area contributed by atoms with Crippen LogP contribution in [0.1, 0.15) is 28.4 Å². The van der Waals surface area contributed by atoms with Crippen molar-refractivity contribution in [2.24, 2.45) is 0 Å². The number of thiol groups is 1. The first kappa shape index (κ1) is 27.5. The van der Waals surface area contributed by atoms with Gasteiger partial charge in [0.15, 0.2) is 6.10 Å². The summed E-state index contributed by atoms with van der Waals surface area (Å²) in [5, 5.41) is 13.9. The molecule has 0 spiro atoms. The molecule has 0 unspecified atom stereocenters. The third-order valence-electron chi connectivity index (χ3n) is 5.89. The summed E-state index contributed by atoms with van der Waals surface area (Å²) in [4.78, 5) is 37.4. The van der Waals surface area contributed by atoms with E-state index in [4.69, 9.17) is 14.2 Å². The average molecular weight is 546 g/mol. The van der Waals surface area contributed by atoms with Crippen LogP contribution in [0.3, 0.4) is 0 Å². The van der Waals surface area contributed by atoms with E-state index in [2.05, 4.69) is 17.9 Å². The zero-order valence-electron chi connectivity index (χ0n) is 20.9. The van der Waals surface area contributed by atoms with Gasteiger partial charge in [-0.1, -0.05) is 66.7 Å². The van der Waals surface area contributed by atoms with Crippen LogP contribution in [0.5, 0.6) is 11.5 Å². The second kappa shape index (κ2) is 13.3. The maximum absolute atomic E-state index is 13.0. The van der Waals surface area contributed by atoms with E-state index in [1.54, 1.807) is 84.9 Å². The minimum atomic E-state index is -1.06. The lowest BCUT2D eigenvalue weighted by molar-refractivity contribution is -0.141. The molecule has 0 heterocycles. The zero-order valence-corrected chi connectivity index (χ0v) is 21.8. The van der Waals surface area contributed by atoms with Gasteiger partial charge >= 0.3 is 12.1 Å². The normalized spacial score (nSPS) is 12.2. The molecule has 9 heteroatoms. The summed E-state index contributed by atoms with van der Waals surface area (Å²) in [6, 6.07) is 27.4. The lowest BCUT2D eigenvalue weighted by Gasteiger charge is -2.29. The van der Waals surface area contributed by atoms with E-state index >= 15 is 0 Å².